The topological polar surface area (TPSA) is 38.7 Å². The molecule has 0 saturated heterocycles. The van der Waals surface area contributed by atoms with Crippen molar-refractivity contribution in [2.24, 2.45) is 5.92 Å². The molecule has 4 aromatic carbocycles. The lowest BCUT2D eigenvalue weighted by atomic mass is 9.77. The zero-order valence-electron chi connectivity index (χ0n) is 36.9. The summed E-state index contributed by atoms with van der Waals surface area (Å²) in [5.41, 5.74) is 16.4. The van der Waals surface area contributed by atoms with Gasteiger partial charge in [-0.15, -0.1) is 0 Å². The Balaban J connectivity index is 1.28. The van der Waals surface area contributed by atoms with Crippen LogP contribution in [0.15, 0.2) is 120 Å². The molecular formula is C54H58N4OSi+2. The van der Waals surface area contributed by atoms with Crippen LogP contribution >= 0.6 is 0 Å². The second-order valence-electron chi connectivity index (χ2n) is 20.1. The van der Waals surface area contributed by atoms with E-state index in [1.807, 2.05) is 6.92 Å². The van der Waals surface area contributed by atoms with E-state index in [1.165, 1.54) is 33.5 Å². The highest BCUT2D eigenvalue weighted by Gasteiger charge is 2.45. The molecule has 0 fully saturated rings. The highest BCUT2D eigenvalue weighted by atomic mass is 28.3. The molecule has 60 heavy (non-hydrogen) atoms. The molecule has 2 aliphatic rings. The van der Waals surface area contributed by atoms with Crippen molar-refractivity contribution in [3.8, 4) is 28.3 Å². The molecule has 0 aliphatic carbocycles. The molecule has 0 saturated carbocycles. The first kappa shape index (κ1) is 38.6. The zero-order chi connectivity index (χ0) is 41.8. The Morgan fingerprint density at radius 2 is 1.63 bits per heavy atom. The van der Waals surface area contributed by atoms with Crippen LogP contribution in [0.3, 0.4) is 0 Å². The summed E-state index contributed by atoms with van der Waals surface area (Å²) in [6, 6.07) is 39.0. The fraction of sp³-hybridized carbons (Fsp3) is 0.315. The normalized spacial score (nSPS) is 16.8. The van der Waals surface area contributed by atoms with Crippen molar-refractivity contribution in [3.63, 3.8) is 0 Å². The van der Waals surface area contributed by atoms with Gasteiger partial charge in [0.15, 0.2) is 28.9 Å². The van der Waals surface area contributed by atoms with E-state index < -0.39 is 8.07 Å². The van der Waals surface area contributed by atoms with Gasteiger partial charge in [0.1, 0.15) is 16.9 Å². The van der Waals surface area contributed by atoms with E-state index in [1.54, 1.807) is 5.19 Å². The van der Waals surface area contributed by atoms with Crippen molar-refractivity contribution in [1.29, 1.82) is 0 Å². The van der Waals surface area contributed by atoms with Gasteiger partial charge in [0.05, 0.1) is 14.5 Å². The third-order valence-corrected chi connectivity index (χ3v) is 15.4. The van der Waals surface area contributed by atoms with Crippen molar-refractivity contribution < 1.29 is 13.6 Å². The summed E-state index contributed by atoms with van der Waals surface area (Å²) >= 11 is 0. The lowest BCUT2D eigenvalue weighted by molar-refractivity contribution is -0.719. The molecule has 2 aliphatic heterocycles. The van der Waals surface area contributed by atoms with Gasteiger partial charge in [-0.2, -0.15) is 13.7 Å². The van der Waals surface area contributed by atoms with E-state index in [0.717, 1.165) is 81.5 Å². The first-order chi connectivity index (χ1) is 28.7. The molecule has 5 nitrogen and oxygen atoms in total. The quantitative estimate of drug-likeness (QED) is 0.131. The van der Waals surface area contributed by atoms with Gasteiger partial charge in [-0.1, -0.05) is 115 Å². The Bertz CT molecular complexity index is 3020. The third kappa shape index (κ3) is 6.20. The van der Waals surface area contributed by atoms with Crippen LogP contribution in [0.1, 0.15) is 87.4 Å². The summed E-state index contributed by atoms with van der Waals surface area (Å²) in [5.74, 6) is 1.94. The number of allylic oxidation sites excluding steroid dienone is 1. The predicted molar refractivity (Wildman–Crippen MR) is 251 cm³/mol. The number of pyridine rings is 2. The van der Waals surface area contributed by atoms with Gasteiger partial charge in [0.2, 0.25) is 11.4 Å². The molecule has 4 aromatic heterocycles. The maximum Gasteiger partial charge on any atom is 0.304 e. The molecule has 6 heteroatoms. The Kier molecular flexibility index (Phi) is 9.00. The summed E-state index contributed by atoms with van der Waals surface area (Å²) in [6.07, 6.45) is 6.37. The van der Waals surface area contributed by atoms with Gasteiger partial charge in [-0.25, -0.2) is 4.98 Å². The summed E-state index contributed by atoms with van der Waals surface area (Å²) in [6.45, 7) is 26.2. The number of aryl methyl sites for hydroxylation is 2. The molecule has 0 spiro atoms. The Morgan fingerprint density at radius 3 is 2.38 bits per heavy atom. The molecule has 2 atom stereocenters. The summed E-state index contributed by atoms with van der Waals surface area (Å²) < 4.78 is 14.6. The first-order valence-corrected chi connectivity index (χ1v) is 25.5. The van der Waals surface area contributed by atoms with Gasteiger partial charge in [-0.05, 0) is 102 Å². The van der Waals surface area contributed by atoms with Crippen LogP contribution in [0, 0.1) is 12.8 Å². The summed E-state index contributed by atoms with van der Waals surface area (Å²) in [7, 11) is -1.71. The number of benzene rings is 4. The van der Waals surface area contributed by atoms with Crippen LogP contribution in [0.2, 0.25) is 19.6 Å². The predicted octanol–water partition coefficient (Wildman–Crippen LogP) is 12.3. The Morgan fingerprint density at radius 1 is 0.900 bits per heavy atom. The Labute approximate surface area is 356 Å². The van der Waals surface area contributed by atoms with Gasteiger partial charge in [0, 0.05) is 39.2 Å². The molecule has 0 N–H and O–H groups in total. The molecule has 0 radical (unpaired) electrons. The molecule has 6 heterocycles. The maximum absolute atomic E-state index is 6.97. The highest BCUT2D eigenvalue weighted by molar-refractivity contribution is 6.89. The zero-order valence-corrected chi connectivity index (χ0v) is 37.9. The van der Waals surface area contributed by atoms with Crippen LogP contribution in [0.5, 0.6) is 0 Å². The average molecular weight is 807 g/mol. The summed E-state index contributed by atoms with van der Waals surface area (Å²) in [4.78, 5) is 4.91. The summed E-state index contributed by atoms with van der Waals surface area (Å²) in [5, 5.41) is 3.71. The van der Waals surface area contributed by atoms with Crippen molar-refractivity contribution in [3.05, 3.63) is 144 Å². The standard InChI is InChI=1S/C54H58N4OSi/c1-33(2)29-37-31-48-41-16-12-11-15-40(41)42-27-20-36-21-28-43-44-26-19-34(3)55-52(44)59-51(43)50(36)53-57(35(4)30-47(42)56(48)32-49(37)60(8,9)10)45-17-13-14-18-46(45)58(53)39-24-22-38(23-25-39)54(5,6)7/h11-19,21-26,28,31-33,42,47H,4,20,27,29-30H2,1-3,5-10H3/q+2. The number of furan rings is 1. The fourth-order valence-corrected chi connectivity index (χ4v) is 12.1. The third-order valence-electron chi connectivity index (χ3n) is 13.3. The number of nitrogens with zero attached hydrogens (tertiary/aromatic N) is 4. The number of fused-ring (bicyclic) bond motifs is 15. The lowest BCUT2D eigenvalue weighted by Crippen LogP contribution is -2.54. The fourth-order valence-electron chi connectivity index (χ4n) is 10.5. The number of para-hydroxylation sites is 2. The largest absolute Gasteiger partial charge is 0.437 e. The first-order valence-electron chi connectivity index (χ1n) is 22.0. The van der Waals surface area contributed by atoms with E-state index >= 15 is 0 Å². The second kappa shape index (κ2) is 14.0. The van der Waals surface area contributed by atoms with E-state index in [4.69, 9.17) is 16.0 Å². The minimum Gasteiger partial charge on any atom is -0.437 e. The molecule has 2 unspecified atom stereocenters. The van der Waals surface area contributed by atoms with E-state index in [0.29, 0.717) is 11.6 Å². The number of rotatable bonds is 4. The van der Waals surface area contributed by atoms with Crippen LogP contribution < -0.4 is 14.3 Å². The van der Waals surface area contributed by atoms with Crippen molar-refractivity contribution in [2.75, 3.05) is 0 Å². The van der Waals surface area contributed by atoms with Gasteiger partial charge in [-0.3, -0.25) is 0 Å². The van der Waals surface area contributed by atoms with Crippen LogP contribution in [0.4, 0.5) is 0 Å². The van der Waals surface area contributed by atoms with Crippen molar-refractivity contribution >= 4 is 52.1 Å². The number of hydrogen-bond donors (Lipinski definition) is 0. The monoisotopic (exact) mass is 806 g/mol. The minimum atomic E-state index is -1.71. The van der Waals surface area contributed by atoms with Gasteiger partial charge in [0.25, 0.3) is 0 Å². The molecule has 0 bridgehead atoms. The van der Waals surface area contributed by atoms with Crippen molar-refractivity contribution in [2.45, 2.75) is 104 Å². The van der Waals surface area contributed by atoms with Crippen LogP contribution in [0.25, 0.3) is 67.1 Å². The van der Waals surface area contributed by atoms with E-state index in [9.17, 15) is 0 Å². The second-order valence-corrected chi connectivity index (χ2v) is 25.1. The van der Waals surface area contributed by atoms with Crippen LogP contribution in [-0.2, 0) is 18.3 Å². The maximum atomic E-state index is 6.97. The molecule has 0 amide bonds. The Hall–Kier alpha value is -5.59. The average Bonchev–Trinajstić information content (AvgIpc) is 3.74. The molecule has 8 aromatic rings. The number of aromatic nitrogens is 4. The van der Waals surface area contributed by atoms with E-state index in [2.05, 4.69) is 177 Å². The lowest BCUT2D eigenvalue weighted by Gasteiger charge is -2.33. The van der Waals surface area contributed by atoms with Gasteiger partial charge < -0.3 is 4.42 Å². The van der Waals surface area contributed by atoms with E-state index in [-0.39, 0.29) is 17.4 Å². The van der Waals surface area contributed by atoms with Crippen molar-refractivity contribution in [1.82, 2.24) is 9.55 Å². The van der Waals surface area contributed by atoms with Crippen LogP contribution in [-0.4, -0.2) is 17.6 Å². The van der Waals surface area contributed by atoms with Gasteiger partial charge >= 0.3 is 5.82 Å². The number of imidazole rings is 1. The molecular weight excluding hydrogens is 749 g/mol. The number of hydrogen-bond acceptors (Lipinski definition) is 2. The SMILES string of the molecule is C=C1CC2C(CCc3ccc4c(oc5nc(C)ccc54)c3-c3n(-c4ccc(C(C)(C)C)cc4)c4ccccc4[n+]31)c1ccccc1-c1cc(CC(C)C)c([Si](C)(C)C)c[n+]12. The smallest absolute Gasteiger partial charge is 0.304 e. The minimum absolute atomic E-state index is 0.0392. The molecule has 302 valence electrons. The molecule has 10 rings (SSSR count). The highest BCUT2D eigenvalue weighted by Crippen LogP contribution is 2.47.